The van der Waals surface area contributed by atoms with E-state index in [0.717, 1.165) is 25.8 Å². The number of aromatic nitrogens is 1. The standard InChI is InChI=1S/C21H27N3O2/c25-20-14-17(15-24(20)18-7-2-3-8-18)21(26)22-11-5-12-23-13-10-16-6-1-4-9-19(16)23/h1,4,6,9-10,13,17-18H,2-3,5,7-8,11-12,14-15H2,(H,22,26). The van der Waals surface area contributed by atoms with E-state index in [1.807, 2.05) is 17.0 Å². The number of amides is 2. The first kappa shape index (κ1) is 17.1. The van der Waals surface area contributed by atoms with Crippen LogP contribution in [0.2, 0.25) is 0 Å². The molecule has 1 unspecified atom stereocenters. The maximum atomic E-state index is 12.4. The van der Waals surface area contributed by atoms with E-state index in [9.17, 15) is 9.59 Å². The molecule has 0 spiro atoms. The Bertz CT molecular complexity index is 791. The molecule has 1 saturated carbocycles. The lowest BCUT2D eigenvalue weighted by Crippen LogP contribution is -2.37. The number of hydrogen-bond donors (Lipinski definition) is 1. The van der Waals surface area contributed by atoms with Gasteiger partial charge in [-0.25, -0.2) is 0 Å². The third-order valence-electron chi connectivity index (χ3n) is 5.85. The second kappa shape index (κ2) is 7.52. The van der Waals surface area contributed by atoms with Gasteiger partial charge in [0.15, 0.2) is 0 Å². The fraction of sp³-hybridized carbons (Fsp3) is 0.524. The first-order chi connectivity index (χ1) is 12.7. The summed E-state index contributed by atoms with van der Waals surface area (Å²) in [5, 5.41) is 4.28. The number of likely N-dealkylation sites (tertiary alicyclic amines) is 1. The Morgan fingerprint density at radius 2 is 1.96 bits per heavy atom. The van der Waals surface area contributed by atoms with Crippen LogP contribution in [0.1, 0.15) is 38.5 Å². The molecular formula is C21H27N3O2. The summed E-state index contributed by atoms with van der Waals surface area (Å²) in [6.07, 6.45) is 7.98. The highest BCUT2D eigenvalue weighted by Gasteiger charge is 2.38. The molecule has 0 radical (unpaired) electrons. The molecule has 1 atom stereocenters. The molecule has 2 fully saturated rings. The van der Waals surface area contributed by atoms with Crippen LogP contribution in [0.5, 0.6) is 0 Å². The maximum absolute atomic E-state index is 12.4. The van der Waals surface area contributed by atoms with Crippen LogP contribution >= 0.6 is 0 Å². The van der Waals surface area contributed by atoms with Crippen LogP contribution < -0.4 is 5.32 Å². The van der Waals surface area contributed by atoms with Gasteiger partial charge < -0.3 is 14.8 Å². The molecule has 5 nitrogen and oxygen atoms in total. The largest absolute Gasteiger partial charge is 0.356 e. The van der Waals surface area contributed by atoms with Crippen LogP contribution in [0.15, 0.2) is 36.5 Å². The summed E-state index contributed by atoms with van der Waals surface area (Å²) in [5.74, 6) is 0.0302. The monoisotopic (exact) mass is 353 g/mol. The molecule has 1 aromatic heterocycles. The molecule has 2 heterocycles. The summed E-state index contributed by atoms with van der Waals surface area (Å²) < 4.78 is 2.22. The topological polar surface area (TPSA) is 54.3 Å². The highest BCUT2D eigenvalue weighted by atomic mass is 16.2. The molecule has 4 rings (SSSR count). The van der Waals surface area contributed by atoms with Crippen LogP contribution in [0.25, 0.3) is 10.9 Å². The molecule has 0 bridgehead atoms. The lowest BCUT2D eigenvalue weighted by atomic mass is 10.1. The third kappa shape index (κ3) is 3.48. The number of nitrogens with one attached hydrogen (secondary N) is 1. The normalized spacial score (nSPS) is 21.0. The minimum absolute atomic E-state index is 0.0382. The minimum atomic E-state index is -0.171. The molecule has 1 aliphatic carbocycles. The molecule has 2 aliphatic rings. The maximum Gasteiger partial charge on any atom is 0.225 e. The Labute approximate surface area is 154 Å². The van der Waals surface area contributed by atoms with Crippen molar-refractivity contribution in [3.05, 3.63) is 36.5 Å². The second-order valence-electron chi connectivity index (χ2n) is 7.60. The van der Waals surface area contributed by atoms with Crippen molar-refractivity contribution < 1.29 is 9.59 Å². The molecule has 5 heteroatoms. The smallest absolute Gasteiger partial charge is 0.225 e. The molecular weight excluding hydrogens is 326 g/mol. The van der Waals surface area contributed by atoms with E-state index in [2.05, 4.69) is 34.3 Å². The van der Waals surface area contributed by atoms with Gasteiger partial charge in [-0.15, -0.1) is 0 Å². The molecule has 1 N–H and O–H groups in total. The van der Waals surface area contributed by atoms with Crippen LogP contribution in [0, 0.1) is 5.92 Å². The van der Waals surface area contributed by atoms with Gasteiger partial charge in [0.05, 0.1) is 5.92 Å². The second-order valence-corrected chi connectivity index (χ2v) is 7.60. The van der Waals surface area contributed by atoms with Gasteiger partial charge in [-0.05, 0) is 36.8 Å². The van der Waals surface area contributed by atoms with Crippen LogP contribution in [0.3, 0.4) is 0 Å². The van der Waals surface area contributed by atoms with E-state index >= 15 is 0 Å². The number of hydrogen-bond acceptors (Lipinski definition) is 2. The summed E-state index contributed by atoms with van der Waals surface area (Å²) >= 11 is 0. The van der Waals surface area contributed by atoms with Crippen molar-refractivity contribution in [1.29, 1.82) is 0 Å². The zero-order chi connectivity index (χ0) is 17.9. The Balaban J connectivity index is 1.23. The van der Waals surface area contributed by atoms with Gasteiger partial charge in [0.1, 0.15) is 0 Å². The van der Waals surface area contributed by atoms with Crippen molar-refractivity contribution >= 4 is 22.7 Å². The summed E-state index contributed by atoms with van der Waals surface area (Å²) in [6.45, 7) is 2.14. The molecule has 138 valence electrons. The van der Waals surface area contributed by atoms with Crippen molar-refractivity contribution in [2.75, 3.05) is 13.1 Å². The number of aryl methyl sites for hydroxylation is 1. The molecule has 26 heavy (non-hydrogen) atoms. The zero-order valence-corrected chi connectivity index (χ0v) is 15.2. The fourth-order valence-electron chi connectivity index (χ4n) is 4.42. The van der Waals surface area contributed by atoms with Crippen molar-refractivity contribution in [3.8, 4) is 0 Å². The van der Waals surface area contributed by atoms with E-state index in [0.29, 0.717) is 25.6 Å². The number of fused-ring (bicyclic) bond motifs is 1. The van der Waals surface area contributed by atoms with Crippen molar-refractivity contribution in [2.24, 2.45) is 5.92 Å². The SMILES string of the molecule is O=C(NCCCn1ccc2ccccc21)C1CC(=O)N(C2CCCC2)C1. The van der Waals surface area contributed by atoms with Crippen LogP contribution in [-0.2, 0) is 16.1 Å². The van der Waals surface area contributed by atoms with Crippen LogP contribution in [-0.4, -0.2) is 40.4 Å². The highest BCUT2D eigenvalue weighted by Crippen LogP contribution is 2.29. The minimum Gasteiger partial charge on any atom is -0.356 e. The summed E-state index contributed by atoms with van der Waals surface area (Å²) in [6, 6.07) is 10.8. The Kier molecular flexibility index (Phi) is 4.96. The first-order valence-corrected chi connectivity index (χ1v) is 9.83. The van der Waals surface area contributed by atoms with Gasteiger partial charge in [-0.2, -0.15) is 0 Å². The van der Waals surface area contributed by atoms with Gasteiger partial charge in [-0.3, -0.25) is 9.59 Å². The Hall–Kier alpha value is -2.30. The first-order valence-electron chi connectivity index (χ1n) is 9.83. The molecule has 1 aromatic carbocycles. The Morgan fingerprint density at radius 1 is 1.15 bits per heavy atom. The summed E-state index contributed by atoms with van der Waals surface area (Å²) in [4.78, 5) is 26.6. The van der Waals surface area contributed by atoms with Crippen molar-refractivity contribution in [3.63, 3.8) is 0 Å². The van der Waals surface area contributed by atoms with Gasteiger partial charge in [0.25, 0.3) is 0 Å². The molecule has 1 saturated heterocycles. The number of rotatable bonds is 6. The summed E-state index contributed by atoms with van der Waals surface area (Å²) in [5.41, 5.74) is 1.23. The number of nitrogens with zero attached hydrogens (tertiary/aromatic N) is 2. The lowest BCUT2D eigenvalue weighted by molar-refractivity contribution is -0.130. The number of benzene rings is 1. The Morgan fingerprint density at radius 3 is 2.81 bits per heavy atom. The highest BCUT2D eigenvalue weighted by molar-refractivity contribution is 5.89. The van der Waals surface area contributed by atoms with E-state index < -0.39 is 0 Å². The molecule has 2 amide bonds. The number of carbonyl (C=O) groups excluding carboxylic acids is 2. The van der Waals surface area contributed by atoms with Crippen LogP contribution in [0.4, 0.5) is 0 Å². The zero-order valence-electron chi connectivity index (χ0n) is 15.2. The van der Waals surface area contributed by atoms with E-state index in [4.69, 9.17) is 0 Å². The average molecular weight is 353 g/mol. The van der Waals surface area contributed by atoms with E-state index in [-0.39, 0.29) is 17.7 Å². The third-order valence-corrected chi connectivity index (χ3v) is 5.85. The van der Waals surface area contributed by atoms with Crippen molar-refractivity contribution in [2.45, 2.75) is 51.1 Å². The molecule has 2 aromatic rings. The van der Waals surface area contributed by atoms with Gasteiger partial charge in [0.2, 0.25) is 11.8 Å². The molecule has 1 aliphatic heterocycles. The fourth-order valence-corrected chi connectivity index (χ4v) is 4.42. The van der Waals surface area contributed by atoms with Gasteiger partial charge >= 0.3 is 0 Å². The number of carbonyl (C=O) groups is 2. The van der Waals surface area contributed by atoms with Gasteiger partial charge in [0, 0.05) is 43.8 Å². The number of para-hydroxylation sites is 1. The predicted octanol–water partition coefficient (Wildman–Crippen LogP) is 2.94. The predicted molar refractivity (Wildman–Crippen MR) is 102 cm³/mol. The lowest BCUT2D eigenvalue weighted by Gasteiger charge is -2.23. The summed E-state index contributed by atoms with van der Waals surface area (Å²) in [7, 11) is 0. The average Bonchev–Trinajstić information content (AvgIpc) is 3.38. The van der Waals surface area contributed by atoms with Gasteiger partial charge in [-0.1, -0.05) is 31.0 Å². The van der Waals surface area contributed by atoms with E-state index in [1.165, 1.54) is 23.7 Å². The quantitative estimate of drug-likeness (QED) is 0.812. The van der Waals surface area contributed by atoms with Crippen molar-refractivity contribution in [1.82, 2.24) is 14.8 Å². The van der Waals surface area contributed by atoms with E-state index in [1.54, 1.807) is 0 Å².